The number of carbonyl (C=O) groups is 3. The summed E-state index contributed by atoms with van der Waals surface area (Å²) in [6, 6.07) is 0. The quantitative estimate of drug-likeness (QED) is 0.0261. The molecule has 6 nitrogen and oxygen atoms in total. The Bertz CT molecular complexity index is 1300. The lowest BCUT2D eigenvalue weighted by Crippen LogP contribution is -2.30. The summed E-state index contributed by atoms with van der Waals surface area (Å²) >= 11 is 0. The predicted octanol–water partition coefficient (Wildman–Crippen LogP) is 23.9. The Morgan fingerprint density at radius 3 is 0.718 bits per heavy atom. The normalized spacial score (nSPS) is 12.2. The lowest BCUT2D eigenvalue weighted by molar-refractivity contribution is -0.167. The van der Waals surface area contributed by atoms with E-state index in [-0.39, 0.29) is 31.1 Å². The molecule has 0 aromatic rings. The molecule has 1 unspecified atom stereocenters. The van der Waals surface area contributed by atoms with Gasteiger partial charge in [-0.05, 0) is 77.0 Å². The van der Waals surface area contributed by atoms with Gasteiger partial charge in [-0.2, -0.15) is 0 Å². The molecule has 0 saturated carbocycles. The first kappa shape index (κ1) is 75.6. The Morgan fingerprint density at radius 1 is 0.256 bits per heavy atom. The molecule has 0 bridgehead atoms. The predicted molar refractivity (Wildman–Crippen MR) is 339 cm³/mol. The molecule has 0 spiro atoms. The van der Waals surface area contributed by atoms with Crippen LogP contribution in [0.25, 0.3) is 0 Å². The van der Waals surface area contributed by atoms with Gasteiger partial charge in [-0.3, -0.25) is 14.4 Å². The Hall–Kier alpha value is -2.37. The topological polar surface area (TPSA) is 78.9 Å². The van der Waals surface area contributed by atoms with Crippen molar-refractivity contribution in [3.63, 3.8) is 0 Å². The minimum atomic E-state index is -0.768. The van der Waals surface area contributed by atoms with Gasteiger partial charge >= 0.3 is 17.9 Å². The van der Waals surface area contributed by atoms with Gasteiger partial charge in [0.25, 0.3) is 0 Å². The molecule has 0 aromatic heterocycles. The van der Waals surface area contributed by atoms with E-state index < -0.39 is 6.10 Å². The van der Waals surface area contributed by atoms with Crippen molar-refractivity contribution in [2.45, 2.75) is 393 Å². The summed E-state index contributed by atoms with van der Waals surface area (Å²) in [6.07, 6.45) is 83.4. The molecule has 0 amide bonds. The van der Waals surface area contributed by atoms with E-state index in [1.165, 1.54) is 283 Å². The molecule has 0 saturated heterocycles. The Morgan fingerprint density at radius 2 is 0.462 bits per heavy atom. The maximum absolute atomic E-state index is 12.9. The van der Waals surface area contributed by atoms with E-state index in [1.807, 2.05) is 0 Å². The summed E-state index contributed by atoms with van der Waals surface area (Å²) in [7, 11) is 0. The Labute approximate surface area is 486 Å². The lowest BCUT2D eigenvalue weighted by Gasteiger charge is -2.18. The number of carbonyl (C=O) groups excluding carboxylic acids is 3. The molecule has 0 rings (SSSR count). The van der Waals surface area contributed by atoms with Crippen LogP contribution in [-0.4, -0.2) is 37.2 Å². The largest absolute Gasteiger partial charge is 0.462 e. The van der Waals surface area contributed by atoms with E-state index in [2.05, 4.69) is 57.2 Å². The molecule has 0 fully saturated rings. The van der Waals surface area contributed by atoms with Crippen molar-refractivity contribution in [1.82, 2.24) is 0 Å². The van der Waals surface area contributed by atoms with Crippen molar-refractivity contribution in [3.8, 4) is 0 Å². The summed E-state index contributed by atoms with van der Waals surface area (Å²) in [4.78, 5) is 38.2. The Balaban J connectivity index is 4.00. The van der Waals surface area contributed by atoms with Crippen LogP contribution < -0.4 is 0 Å². The van der Waals surface area contributed by atoms with Crippen molar-refractivity contribution in [2.75, 3.05) is 13.2 Å². The fourth-order valence-electron chi connectivity index (χ4n) is 10.6. The number of unbranched alkanes of at least 4 members (excludes halogenated alkanes) is 48. The molecule has 0 aromatic carbocycles. The molecule has 1 atom stereocenters. The van der Waals surface area contributed by atoms with Crippen LogP contribution in [0.3, 0.4) is 0 Å². The summed E-state index contributed by atoms with van der Waals surface area (Å²) in [5.41, 5.74) is 0. The molecule has 0 heterocycles. The average Bonchev–Trinajstić information content (AvgIpc) is 3.44. The van der Waals surface area contributed by atoms with Crippen molar-refractivity contribution in [1.29, 1.82) is 0 Å². The first-order valence-corrected chi connectivity index (χ1v) is 35.0. The number of hydrogen-bond acceptors (Lipinski definition) is 6. The smallest absolute Gasteiger partial charge is 0.306 e. The van der Waals surface area contributed by atoms with Gasteiger partial charge in [0.15, 0.2) is 6.10 Å². The molecular weight excluding hydrogens is 961 g/mol. The molecule has 0 aliphatic carbocycles. The van der Waals surface area contributed by atoms with E-state index in [0.29, 0.717) is 19.3 Å². The number of allylic oxidation sites excluding steroid dienone is 6. The highest BCUT2D eigenvalue weighted by Crippen LogP contribution is 2.18. The van der Waals surface area contributed by atoms with Crippen molar-refractivity contribution in [2.24, 2.45) is 0 Å². The average molecular weight is 1100 g/mol. The minimum Gasteiger partial charge on any atom is -0.462 e. The fraction of sp³-hybridized carbons (Fsp3) is 0.875. The van der Waals surface area contributed by atoms with Crippen LogP contribution in [0.1, 0.15) is 387 Å². The monoisotopic (exact) mass is 1100 g/mol. The van der Waals surface area contributed by atoms with Crippen LogP contribution >= 0.6 is 0 Å². The number of esters is 3. The standard InChI is InChI=1S/C72H134O6/c1-4-7-10-13-16-19-21-23-25-27-29-30-31-32-33-34-35-36-37-38-39-40-41-42-44-45-47-49-51-53-56-59-62-65-71(74)77-68-69(67-76-70(73)64-61-58-55-18-15-12-9-6-3)78-72(75)66-63-60-57-54-52-50-48-46-43-28-26-24-22-20-17-14-11-8-5-2/h21,23-24,26-27,29,69H,4-20,22,25,28,30-68H2,1-3H3/b23-21-,26-24-,29-27-. The molecule has 0 aliphatic heterocycles. The van der Waals surface area contributed by atoms with Crippen LogP contribution in [-0.2, 0) is 28.6 Å². The summed E-state index contributed by atoms with van der Waals surface area (Å²) in [5, 5.41) is 0. The highest BCUT2D eigenvalue weighted by molar-refractivity contribution is 5.71. The van der Waals surface area contributed by atoms with Gasteiger partial charge in [0.2, 0.25) is 0 Å². The van der Waals surface area contributed by atoms with Crippen LogP contribution in [0.15, 0.2) is 36.5 Å². The van der Waals surface area contributed by atoms with Gasteiger partial charge in [0.1, 0.15) is 13.2 Å². The van der Waals surface area contributed by atoms with Crippen LogP contribution in [0.5, 0.6) is 0 Å². The molecule has 78 heavy (non-hydrogen) atoms. The maximum Gasteiger partial charge on any atom is 0.306 e. The van der Waals surface area contributed by atoms with Crippen LogP contribution in [0.4, 0.5) is 0 Å². The molecule has 0 N–H and O–H groups in total. The number of ether oxygens (including phenoxy) is 3. The second-order valence-electron chi connectivity index (χ2n) is 23.8. The third kappa shape index (κ3) is 64.5. The number of hydrogen-bond donors (Lipinski definition) is 0. The van der Waals surface area contributed by atoms with Gasteiger partial charge in [-0.15, -0.1) is 0 Å². The van der Waals surface area contributed by atoms with Crippen LogP contribution in [0.2, 0.25) is 0 Å². The fourth-order valence-corrected chi connectivity index (χ4v) is 10.6. The van der Waals surface area contributed by atoms with E-state index >= 15 is 0 Å². The molecule has 0 radical (unpaired) electrons. The van der Waals surface area contributed by atoms with Crippen LogP contribution in [0, 0.1) is 0 Å². The minimum absolute atomic E-state index is 0.0671. The zero-order chi connectivity index (χ0) is 56.4. The summed E-state index contributed by atoms with van der Waals surface area (Å²) < 4.78 is 16.9. The van der Waals surface area contributed by atoms with E-state index in [4.69, 9.17) is 14.2 Å². The van der Waals surface area contributed by atoms with Gasteiger partial charge in [0, 0.05) is 19.3 Å². The van der Waals surface area contributed by atoms with Crippen molar-refractivity contribution < 1.29 is 28.6 Å². The van der Waals surface area contributed by atoms with E-state index in [1.54, 1.807) is 0 Å². The summed E-state index contributed by atoms with van der Waals surface area (Å²) in [5.74, 6) is -0.848. The van der Waals surface area contributed by atoms with Crippen molar-refractivity contribution >= 4 is 17.9 Å². The third-order valence-electron chi connectivity index (χ3n) is 15.9. The second-order valence-corrected chi connectivity index (χ2v) is 23.8. The third-order valence-corrected chi connectivity index (χ3v) is 15.9. The Kier molecular flexibility index (Phi) is 65.1. The lowest BCUT2D eigenvalue weighted by atomic mass is 10.0. The maximum atomic E-state index is 12.9. The number of rotatable bonds is 65. The highest BCUT2D eigenvalue weighted by Gasteiger charge is 2.19. The second kappa shape index (κ2) is 67.1. The molecule has 458 valence electrons. The first-order chi connectivity index (χ1) is 38.5. The SMILES string of the molecule is CCCCCCC/C=C\C/C=C\CCCCCCCCCCCCCCCCCCCCCCCC(=O)OCC(COC(=O)CCCCCCCCCC)OC(=O)CCCCCCCCCCC/C=C\CCCCCCCC. The molecular formula is C72H134O6. The van der Waals surface area contributed by atoms with E-state index in [0.717, 1.165) is 64.2 Å². The van der Waals surface area contributed by atoms with Gasteiger partial charge in [-0.1, -0.05) is 327 Å². The van der Waals surface area contributed by atoms with Crippen molar-refractivity contribution in [3.05, 3.63) is 36.5 Å². The molecule has 0 aliphatic rings. The summed E-state index contributed by atoms with van der Waals surface area (Å²) in [6.45, 7) is 6.66. The van der Waals surface area contributed by atoms with Gasteiger partial charge in [-0.25, -0.2) is 0 Å². The zero-order valence-corrected chi connectivity index (χ0v) is 52.7. The first-order valence-electron chi connectivity index (χ1n) is 35.0. The van der Waals surface area contributed by atoms with Gasteiger partial charge < -0.3 is 14.2 Å². The van der Waals surface area contributed by atoms with E-state index in [9.17, 15) is 14.4 Å². The highest BCUT2D eigenvalue weighted by atomic mass is 16.6. The zero-order valence-electron chi connectivity index (χ0n) is 52.7. The van der Waals surface area contributed by atoms with Gasteiger partial charge in [0.05, 0.1) is 0 Å². The molecule has 6 heteroatoms.